The van der Waals surface area contributed by atoms with E-state index in [9.17, 15) is 4.79 Å². The van der Waals surface area contributed by atoms with Crippen LogP contribution in [0.1, 0.15) is 41.0 Å². The maximum atomic E-state index is 12.0. The average molecular weight is 454 g/mol. The molecule has 5 rings (SSSR count). The van der Waals surface area contributed by atoms with Crippen LogP contribution in [0.15, 0.2) is 60.8 Å². The van der Waals surface area contributed by atoms with Gasteiger partial charge in [0.2, 0.25) is 0 Å². The number of carbonyl (C=O) groups is 1. The number of rotatable bonds is 6. The van der Waals surface area contributed by atoms with Crippen molar-refractivity contribution in [2.45, 2.75) is 31.3 Å². The fraction of sp³-hybridized carbons (Fsp3) is 0.333. The Morgan fingerprint density at radius 3 is 2.44 bits per heavy atom. The Morgan fingerprint density at radius 2 is 1.79 bits per heavy atom. The van der Waals surface area contributed by atoms with Crippen molar-refractivity contribution in [2.24, 2.45) is 0 Å². The molecule has 2 aliphatic heterocycles. The lowest BCUT2D eigenvalue weighted by molar-refractivity contribution is -0.158. The van der Waals surface area contributed by atoms with Crippen molar-refractivity contribution in [3.8, 4) is 17.3 Å². The summed E-state index contributed by atoms with van der Waals surface area (Å²) in [5.41, 5.74) is 4.83. The largest absolute Gasteiger partial charge is 0.375 e. The molecule has 1 amide bonds. The van der Waals surface area contributed by atoms with Gasteiger partial charge < -0.3 is 15.0 Å². The Hall–Kier alpha value is -3.76. The van der Waals surface area contributed by atoms with Gasteiger partial charge in [0.15, 0.2) is 0 Å². The van der Waals surface area contributed by atoms with E-state index in [-0.39, 0.29) is 18.1 Å². The molecule has 1 aromatic heterocycles. The van der Waals surface area contributed by atoms with E-state index in [0.717, 1.165) is 49.6 Å². The van der Waals surface area contributed by atoms with Crippen LogP contribution in [0, 0.1) is 11.3 Å². The normalized spacial score (nSPS) is 16.5. The Balaban J connectivity index is 1.22. The summed E-state index contributed by atoms with van der Waals surface area (Å²) in [6.07, 6.45) is 5.86. The number of hydrogen-bond acceptors (Lipinski definition) is 6. The number of piperidine rings is 1. The zero-order valence-corrected chi connectivity index (χ0v) is 19.0. The van der Waals surface area contributed by atoms with Gasteiger partial charge in [-0.25, -0.2) is 9.97 Å². The number of nitrogens with one attached hydrogen (secondary N) is 1. The Morgan fingerprint density at radius 1 is 1.06 bits per heavy atom. The maximum absolute atomic E-state index is 12.0. The lowest BCUT2D eigenvalue weighted by atomic mass is 9.84. The first kappa shape index (κ1) is 22.1. The molecular formula is C27H27N5O2. The first-order chi connectivity index (χ1) is 16.6. The molecule has 0 unspecified atom stereocenters. The number of nitriles is 1. The zero-order valence-electron chi connectivity index (χ0n) is 19.0. The highest BCUT2D eigenvalue weighted by atomic mass is 16.5. The van der Waals surface area contributed by atoms with Crippen molar-refractivity contribution in [3.63, 3.8) is 0 Å². The number of carbonyl (C=O) groups excluding carboxylic acids is 1. The lowest BCUT2D eigenvalue weighted by Crippen LogP contribution is -2.52. The quantitative estimate of drug-likeness (QED) is 0.572. The third-order valence-corrected chi connectivity index (χ3v) is 6.78. The molecule has 2 fully saturated rings. The Kier molecular flexibility index (Phi) is 6.24. The maximum Gasteiger partial charge on any atom is 0.252 e. The van der Waals surface area contributed by atoms with Gasteiger partial charge in [-0.05, 0) is 55.2 Å². The van der Waals surface area contributed by atoms with Crippen LogP contribution in [-0.4, -0.2) is 47.7 Å². The standard InChI is InChI=1S/C27H27N5O2/c28-13-15-30-26(33)22-5-3-21(4-6-22)24-9-14-29-25(31-24)19-20-1-7-23(8-2-20)32-16-10-27(11-17-32)12-18-34-27/h1-9,14H,10-12,15-19H2,(H,30,33). The van der Waals surface area contributed by atoms with E-state index in [4.69, 9.17) is 15.0 Å². The molecule has 7 heteroatoms. The summed E-state index contributed by atoms with van der Waals surface area (Å²) in [5.74, 6) is 0.489. The van der Waals surface area contributed by atoms with Gasteiger partial charge in [-0.3, -0.25) is 4.79 Å². The van der Waals surface area contributed by atoms with Crippen molar-refractivity contribution >= 4 is 11.6 Å². The number of ether oxygens (including phenoxy) is 1. The molecule has 3 aromatic rings. The van der Waals surface area contributed by atoms with Gasteiger partial charge in [0.05, 0.1) is 24.0 Å². The second kappa shape index (κ2) is 9.62. The minimum absolute atomic E-state index is 0.00940. The molecule has 0 radical (unpaired) electrons. The molecule has 0 aliphatic carbocycles. The summed E-state index contributed by atoms with van der Waals surface area (Å²) in [5, 5.41) is 11.1. The second-order valence-corrected chi connectivity index (χ2v) is 8.89. The molecule has 0 saturated carbocycles. The van der Waals surface area contributed by atoms with Crippen LogP contribution in [0.25, 0.3) is 11.3 Å². The average Bonchev–Trinajstić information content (AvgIpc) is 2.87. The molecule has 1 spiro atoms. The highest BCUT2D eigenvalue weighted by molar-refractivity contribution is 5.94. The SMILES string of the molecule is N#CCNC(=O)c1ccc(-c2ccnc(Cc3ccc(N4CCC5(CCO5)CC4)cc3)n2)cc1. The molecule has 7 nitrogen and oxygen atoms in total. The monoisotopic (exact) mass is 453 g/mol. The summed E-state index contributed by atoms with van der Waals surface area (Å²) in [7, 11) is 0. The highest BCUT2D eigenvalue weighted by Gasteiger charge is 2.41. The first-order valence-corrected chi connectivity index (χ1v) is 11.7. The van der Waals surface area contributed by atoms with Crippen molar-refractivity contribution in [1.82, 2.24) is 15.3 Å². The fourth-order valence-corrected chi connectivity index (χ4v) is 4.62. The van der Waals surface area contributed by atoms with E-state index in [2.05, 4.69) is 39.5 Å². The fourth-order valence-electron chi connectivity index (χ4n) is 4.62. The summed E-state index contributed by atoms with van der Waals surface area (Å²) < 4.78 is 5.83. The van der Waals surface area contributed by atoms with Crippen LogP contribution in [0.4, 0.5) is 5.69 Å². The molecule has 34 heavy (non-hydrogen) atoms. The van der Waals surface area contributed by atoms with E-state index >= 15 is 0 Å². The minimum atomic E-state index is -0.264. The molecule has 0 atom stereocenters. The first-order valence-electron chi connectivity index (χ1n) is 11.7. The molecule has 2 aliphatic rings. The molecule has 172 valence electrons. The number of anilines is 1. The summed E-state index contributed by atoms with van der Waals surface area (Å²) in [6.45, 7) is 3.00. The summed E-state index contributed by atoms with van der Waals surface area (Å²) >= 11 is 0. The molecule has 2 saturated heterocycles. The Bertz CT molecular complexity index is 1190. The predicted molar refractivity (Wildman–Crippen MR) is 129 cm³/mol. The van der Waals surface area contributed by atoms with Gasteiger partial charge in [0, 0.05) is 42.5 Å². The van der Waals surface area contributed by atoms with Crippen molar-refractivity contribution < 1.29 is 9.53 Å². The number of benzene rings is 2. The van der Waals surface area contributed by atoms with Crippen molar-refractivity contribution in [3.05, 3.63) is 77.7 Å². The number of amides is 1. The van der Waals surface area contributed by atoms with Crippen molar-refractivity contribution in [2.75, 3.05) is 31.1 Å². The topological polar surface area (TPSA) is 91.1 Å². The van der Waals surface area contributed by atoms with Gasteiger partial charge in [0.25, 0.3) is 5.91 Å². The van der Waals surface area contributed by atoms with Crippen LogP contribution in [0.5, 0.6) is 0 Å². The van der Waals surface area contributed by atoms with Gasteiger partial charge >= 0.3 is 0 Å². The van der Waals surface area contributed by atoms with Crippen LogP contribution < -0.4 is 10.2 Å². The second-order valence-electron chi connectivity index (χ2n) is 8.89. The smallest absolute Gasteiger partial charge is 0.252 e. The van der Waals surface area contributed by atoms with Gasteiger partial charge in [-0.2, -0.15) is 5.26 Å². The van der Waals surface area contributed by atoms with E-state index in [1.54, 1.807) is 18.3 Å². The number of nitrogens with zero attached hydrogens (tertiary/aromatic N) is 4. The Labute approximate surface area is 199 Å². The minimum Gasteiger partial charge on any atom is -0.375 e. The van der Waals surface area contributed by atoms with Crippen LogP contribution in [-0.2, 0) is 11.2 Å². The predicted octanol–water partition coefficient (Wildman–Crippen LogP) is 3.75. The van der Waals surface area contributed by atoms with Gasteiger partial charge in [-0.1, -0.05) is 24.3 Å². The van der Waals surface area contributed by atoms with Crippen LogP contribution >= 0.6 is 0 Å². The van der Waals surface area contributed by atoms with Gasteiger partial charge in [0.1, 0.15) is 12.4 Å². The van der Waals surface area contributed by atoms with Crippen molar-refractivity contribution in [1.29, 1.82) is 5.26 Å². The molecular weight excluding hydrogens is 426 g/mol. The highest BCUT2D eigenvalue weighted by Crippen LogP contribution is 2.37. The third-order valence-electron chi connectivity index (χ3n) is 6.78. The molecule has 0 bridgehead atoms. The van der Waals surface area contributed by atoms with E-state index in [1.807, 2.05) is 24.3 Å². The van der Waals surface area contributed by atoms with E-state index in [1.165, 1.54) is 17.7 Å². The van der Waals surface area contributed by atoms with Crippen LogP contribution in [0.2, 0.25) is 0 Å². The lowest BCUT2D eigenvalue weighted by Gasteiger charge is -2.48. The van der Waals surface area contributed by atoms with E-state index < -0.39 is 0 Å². The van der Waals surface area contributed by atoms with Gasteiger partial charge in [-0.15, -0.1) is 0 Å². The summed E-state index contributed by atoms with van der Waals surface area (Å²) in [6, 6.07) is 19.7. The van der Waals surface area contributed by atoms with E-state index in [0.29, 0.717) is 12.0 Å². The zero-order chi connectivity index (χ0) is 23.4. The molecule has 2 aromatic carbocycles. The number of aromatic nitrogens is 2. The molecule has 1 N–H and O–H groups in total. The molecule has 3 heterocycles. The van der Waals surface area contributed by atoms with Crippen LogP contribution in [0.3, 0.4) is 0 Å². The summed E-state index contributed by atoms with van der Waals surface area (Å²) in [4.78, 5) is 23.6. The number of hydrogen-bond donors (Lipinski definition) is 1. The third kappa shape index (κ3) is 4.78.